The van der Waals surface area contributed by atoms with E-state index in [-0.39, 0.29) is 11.8 Å². The third-order valence-corrected chi connectivity index (χ3v) is 6.33. The van der Waals surface area contributed by atoms with Crippen molar-refractivity contribution in [2.24, 2.45) is 18.9 Å². The van der Waals surface area contributed by atoms with Gasteiger partial charge in [-0.25, -0.2) is 9.97 Å². The highest BCUT2D eigenvalue weighted by atomic mass is 35.5. The van der Waals surface area contributed by atoms with Gasteiger partial charge in [0.25, 0.3) is 0 Å². The lowest BCUT2D eigenvalue weighted by molar-refractivity contribution is -0.121. The zero-order valence-corrected chi connectivity index (χ0v) is 17.0. The minimum Gasteiger partial charge on any atom is -0.326 e. The van der Waals surface area contributed by atoms with E-state index in [2.05, 4.69) is 21.4 Å². The number of hydrogen-bond donors (Lipinski definition) is 1. The fourth-order valence-electron chi connectivity index (χ4n) is 4.31. The number of rotatable bonds is 4. The summed E-state index contributed by atoms with van der Waals surface area (Å²) in [5, 5.41) is 3.69. The molecule has 0 unspecified atom stereocenters. The summed E-state index contributed by atoms with van der Waals surface area (Å²) in [4.78, 5) is 21.7. The van der Waals surface area contributed by atoms with Gasteiger partial charge in [-0.1, -0.05) is 18.5 Å². The molecule has 1 N–H and O–H groups in total. The second-order valence-corrected chi connectivity index (χ2v) is 8.26. The third kappa shape index (κ3) is 3.76. The van der Waals surface area contributed by atoms with E-state index in [0.717, 1.165) is 42.5 Å². The molecule has 146 valence electrons. The quantitative estimate of drug-likeness (QED) is 0.661. The number of aromatic nitrogens is 3. The van der Waals surface area contributed by atoms with Crippen molar-refractivity contribution in [3.05, 3.63) is 53.4 Å². The molecule has 1 amide bonds. The predicted octanol–water partition coefficient (Wildman–Crippen LogP) is 5.17. The van der Waals surface area contributed by atoms with Gasteiger partial charge < -0.3 is 9.88 Å². The second kappa shape index (κ2) is 7.92. The smallest absolute Gasteiger partial charge is 0.227 e. The first-order valence-corrected chi connectivity index (χ1v) is 10.2. The molecule has 4 rings (SSSR count). The van der Waals surface area contributed by atoms with Gasteiger partial charge in [-0.15, -0.1) is 0 Å². The third-order valence-electron chi connectivity index (χ3n) is 6.07. The van der Waals surface area contributed by atoms with Crippen molar-refractivity contribution in [3.8, 4) is 0 Å². The molecule has 1 aliphatic rings. The Morgan fingerprint density at radius 1 is 1.14 bits per heavy atom. The number of hydrogen-bond acceptors (Lipinski definition) is 3. The van der Waals surface area contributed by atoms with E-state index >= 15 is 0 Å². The normalized spacial score (nSPS) is 20.8. The van der Waals surface area contributed by atoms with Crippen molar-refractivity contribution in [2.75, 3.05) is 5.32 Å². The van der Waals surface area contributed by atoms with Gasteiger partial charge >= 0.3 is 0 Å². The van der Waals surface area contributed by atoms with E-state index in [1.807, 2.05) is 43.2 Å². The summed E-state index contributed by atoms with van der Waals surface area (Å²) in [7, 11) is 1.98. The van der Waals surface area contributed by atoms with E-state index in [4.69, 9.17) is 11.6 Å². The fraction of sp³-hybridized carbons (Fsp3) is 0.409. The van der Waals surface area contributed by atoms with Crippen LogP contribution in [0.15, 0.2) is 42.9 Å². The van der Waals surface area contributed by atoms with Gasteiger partial charge in [-0.3, -0.25) is 4.79 Å². The van der Waals surface area contributed by atoms with Crippen LogP contribution < -0.4 is 5.32 Å². The molecule has 6 heteroatoms. The number of pyridine rings is 1. The standard InChI is InChI=1S/C22H25ClN4O/c1-14(22(28)26-18-9-7-17(23)8-10-18)15-3-5-16(6-4-15)19-11-12-24-21-20(19)25-13-27(21)2/h7-16H,3-6H2,1-2H3,(H,26,28)/t14-,15-,16-/m0/s1. The Balaban J connectivity index is 1.39. The second-order valence-electron chi connectivity index (χ2n) is 7.82. The van der Waals surface area contributed by atoms with Crippen LogP contribution in [0.5, 0.6) is 0 Å². The van der Waals surface area contributed by atoms with Crippen molar-refractivity contribution < 1.29 is 4.79 Å². The molecule has 1 fully saturated rings. The molecule has 2 aromatic heterocycles. The van der Waals surface area contributed by atoms with Crippen LogP contribution in [0.1, 0.15) is 44.1 Å². The Morgan fingerprint density at radius 3 is 2.57 bits per heavy atom. The number of nitrogens with one attached hydrogen (secondary N) is 1. The van der Waals surface area contributed by atoms with E-state index in [1.54, 1.807) is 12.1 Å². The van der Waals surface area contributed by atoms with Crippen LogP contribution in [0.25, 0.3) is 11.2 Å². The summed E-state index contributed by atoms with van der Waals surface area (Å²) >= 11 is 5.91. The predicted molar refractivity (Wildman–Crippen MR) is 112 cm³/mol. The number of nitrogens with zero attached hydrogens (tertiary/aromatic N) is 3. The summed E-state index contributed by atoms with van der Waals surface area (Å²) in [5.41, 5.74) is 4.05. The molecular weight excluding hydrogens is 372 g/mol. The van der Waals surface area contributed by atoms with Crippen molar-refractivity contribution >= 4 is 34.4 Å². The van der Waals surface area contributed by atoms with Crippen LogP contribution in [-0.4, -0.2) is 20.4 Å². The molecule has 0 bridgehead atoms. The van der Waals surface area contributed by atoms with E-state index in [9.17, 15) is 4.79 Å². The number of fused-ring (bicyclic) bond motifs is 1. The zero-order valence-electron chi connectivity index (χ0n) is 16.2. The van der Waals surface area contributed by atoms with Gasteiger partial charge in [0.05, 0.1) is 6.33 Å². The van der Waals surface area contributed by atoms with Crippen LogP contribution in [-0.2, 0) is 11.8 Å². The van der Waals surface area contributed by atoms with Crippen LogP contribution in [0, 0.1) is 11.8 Å². The lowest BCUT2D eigenvalue weighted by Crippen LogP contribution is -2.29. The number of halogens is 1. The summed E-state index contributed by atoms with van der Waals surface area (Å²) in [6, 6.07) is 9.37. The maximum atomic E-state index is 12.7. The molecule has 0 saturated heterocycles. The SMILES string of the molecule is C[C@H](C(=O)Nc1ccc(Cl)cc1)[C@H]1CC[C@H](c2ccnc3c2ncn3C)CC1. The summed E-state index contributed by atoms with van der Waals surface area (Å²) in [5.74, 6) is 0.971. The van der Waals surface area contributed by atoms with Gasteiger partial charge in [0.2, 0.25) is 5.91 Å². The zero-order chi connectivity index (χ0) is 19.7. The number of aryl methyl sites for hydroxylation is 1. The van der Waals surface area contributed by atoms with Crippen molar-refractivity contribution in [1.82, 2.24) is 14.5 Å². The lowest BCUT2D eigenvalue weighted by atomic mass is 9.74. The highest BCUT2D eigenvalue weighted by Gasteiger charge is 2.30. The maximum Gasteiger partial charge on any atom is 0.227 e. The highest BCUT2D eigenvalue weighted by molar-refractivity contribution is 6.30. The molecule has 0 spiro atoms. The Kier molecular flexibility index (Phi) is 5.36. The number of imidazole rings is 1. The van der Waals surface area contributed by atoms with Gasteiger partial charge in [0, 0.05) is 29.9 Å². The van der Waals surface area contributed by atoms with Crippen LogP contribution in [0.4, 0.5) is 5.69 Å². The number of benzene rings is 1. The van der Waals surface area contributed by atoms with E-state index in [0.29, 0.717) is 16.9 Å². The number of carbonyl (C=O) groups excluding carboxylic acids is 1. The molecule has 0 radical (unpaired) electrons. The Labute approximate surface area is 170 Å². The largest absolute Gasteiger partial charge is 0.326 e. The summed E-state index contributed by atoms with van der Waals surface area (Å²) < 4.78 is 1.97. The Hall–Kier alpha value is -2.40. The molecule has 5 nitrogen and oxygen atoms in total. The molecule has 1 aliphatic carbocycles. The van der Waals surface area contributed by atoms with E-state index < -0.39 is 0 Å². The Morgan fingerprint density at radius 2 is 1.86 bits per heavy atom. The topological polar surface area (TPSA) is 59.8 Å². The minimum absolute atomic E-state index is 0.0102. The maximum absolute atomic E-state index is 12.7. The van der Waals surface area contributed by atoms with E-state index in [1.165, 1.54) is 5.56 Å². The van der Waals surface area contributed by atoms with Crippen LogP contribution in [0.2, 0.25) is 5.02 Å². The van der Waals surface area contributed by atoms with Gasteiger partial charge in [0.1, 0.15) is 5.52 Å². The lowest BCUT2D eigenvalue weighted by Gasteiger charge is -2.32. The molecular formula is C22H25ClN4O. The summed E-state index contributed by atoms with van der Waals surface area (Å²) in [6.45, 7) is 2.04. The fourth-order valence-corrected chi connectivity index (χ4v) is 4.44. The van der Waals surface area contributed by atoms with Gasteiger partial charge in [-0.05, 0) is 73.4 Å². The number of anilines is 1. The van der Waals surface area contributed by atoms with Crippen LogP contribution >= 0.6 is 11.6 Å². The monoisotopic (exact) mass is 396 g/mol. The van der Waals surface area contributed by atoms with Crippen molar-refractivity contribution in [2.45, 2.75) is 38.5 Å². The first kappa shape index (κ1) is 18.9. The first-order valence-electron chi connectivity index (χ1n) is 9.85. The first-order chi connectivity index (χ1) is 13.5. The molecule has 3 aromatic rings. The van der Waals surface area contributed by atoms with Crippen LogP contribution in [0.3, 0.4) is 0 Å². The summed E-state index contributed by atoms with van der Waals surface area (Å²) in [6.07, 6.45) is 7.98. The number of amides is 1. The van der Waals surface area contributed by atoms with Crippen molar-refractivity contribution in [1.29, 1.82) is 0 Å². The van der Waals surface area contributed by atoms with Crippen molar-refractivity contribution in [3.63, 3.8) is 0 Å². The van der Waals surface area contributed by atoms with Gasteiger partial charge in [0.15, 0.2) is 5.65 Å². The molecule has 1 aromatic carbocycles. The average Bonchev–Trinajstić information content (AvgIpc) is 3.10. The molecule has 28 heavy (non-hydrogen) atoms. The van der Waals surface area contributed by atoms with Gasteiger partial charge in [-0.2, -0.15) is 0 Å². The molecule has 1 saturated carbocycles. The Bertz CT molecular complexity index is 974. The highest BCUT2D eigenvalue weighted by Crippen LogP contribution is 2.40. The molecule has 2 heterocycles. The average molecular weight is 397 g/mol. The molecule has 0 aliphatic heterocycles. The molecule has 1 atom stereocenters. The number of carbonyl (C=O) groups is 1. The minimum atomic E-state index is -0.0102.